The lowest BCUT2D eigenvalue weighted by Gasteiger charge is -2.10. The molecule has 9 nitrogen and oxygen atoms in total. The van der Waals surface area contributed by atoms with Gasteiger partial charge in [0.1, 0.15) is 23.9 Å². The van der Waals surface area contributed by atoms with E-state index in [1.54, 1.807) is 0 Å². The molecule has 0 aliphatic heterocycles. The minimum absolute atomic E-state index is 0.105. The fourth-order valence-electron chi connectivity index (χ4n) is 2.01. The maximum absolute atomic E-state index is 12.1. The van der Waals surface area contributed by atoms with Gasteiger partial charge in [0.05, 0.1) is 11.1 Å². The number of rotatable bonds is 5. The first-order valence-corrected chi connectivity index (χ1v) is 7.03. The molecule has 1 amide bonds. The second-order valence-electron chi connectivity index (χ2n) is 5.03. The topological polar surface area (TPSA) is 127 Å². The quantitative estimate of drug-likeness (QED) is 0.624. The first kappa shape index (κ1) is 19.4. The molecule has 0 saturated carbocycles. The van der Waals surface area contributed by atoms with Gasteiger partial charge in [0.25, 0.3) is 11.2 Å². The molecule has 1 aromatic carbocycles. The first-order valence-electron chi connectivity index (χ1n) is 7.03. The Morgan fingerprint density at radius 2 is 1.96 bits per heavy atom. The molecular weight excluding hydrogens is 373 g/mol. The number of nitrogens with zero attached hydrogens (tertiary/aromatic N) is 3. The van der Waals surface area contributed by atoms with E-state index in [-0.39, 0.29) is 5.69 Å². The van der Waals surface area contributed by atoms with Crippen LogP contribution in [0, 0.1) is 21.4 Å². The highest BCUT2D eigenvalue weighted by Gasteiger charge is 2.31. The molecule has 140 valence electrons. The maximum atomic E-state index is 12.1. The lowest BCUT2D eigenvalue weighted by atomic mass is 10.2. The van der Waals surface area contributed by atoms with Crippen LogP contribution < -0.4 is 15.6 Å². The van der Waals surface area contributed by atoms with Crippen LogP contribution in [0.4, 0.5) is 24.5 Å². The van der Waals surface area contributed by atoms with E-state index in [2.05, 4.69) is 10.1 Å². The Kier molecular flexibility index (Phi) is 5.45. The predicted octanol–water partition coefficient (Wildman–Crippen LogP) is 2.17. The molecule has 27 heavy (non-hydrogen) atoms. The number of carbonyl (C=O) groups is 1. The number of amides is 1. The number of pyridine rings is 1. The van der Waals surface area contributed by atoms with Crippen LogP contribution in [0.25, 0.3) is 0 Å². The molecule has 0 atom stereocenters. The molecule has 0 saturated heterocycles. The summed E-state index contributed by atoms with van der Waals surface area (Å²) >= 11 is 0. The standard InChI is InChI=1S/C15H9F3N4O5/c16-15(17,18)27-12-3-1-10(2-4-12)20-13(23)8-21-7-11(22(25)26)5-9(6-19)14(21)24/h1-5,7H,8H2,(H,20,23). The molecule has 0 bridgehead atoms. The van der Waals surface area contributed by atoms with Gasteiger partial charge in [-0.1, -0.05) is 0 Å². The lowest BCUT2D eigenvalue weighted by molar-refractivity contribution is -0.385. The Hall–Kier alpha value is -3.88. The van der Waals surface area contributed by atoms with Crippen LogP contribution in [0.2, 0.25) is 0 Å². The zero-order chi connectivity index (χ0) is 20.2. The van der Waals surface area contributed by atoms with Crippen molar-refractivity contribution in [1.29, 1.82) is 5.26 Å². The summed E-state index contributed by atoms with van der Waals surface area (Å²) in [6.45, 7) is -0.643. The van der Waals surface area contributed by atoms with Gasteiger partial charge in [-0.15, -0.1) is 13.2 Å². The number of benzene rings is 1. The summed E-state index contributed by atoms with van der Waals surface area (Å²) < 4.78 is 40.6. The lowest BCUT2D eigenvalue weighted by Crippen LogP contribution is -2.29. The van der Waals surface area contributed by atoms with Gasteiger partial charge in [0.15, 0.2) is 0 Å². The molecular formula is C15H9F3N4O5. The zero-order valence-electron chi connectivity index (χ0n) is 13.2. The molecule has 1 aromatic heterocycles. The number of aromatic nitrogens is 1. The molecule has 0 radical (unpaired) electrons. The van der Waals surface area contributed by atoms with Gasteiger partial charge < -0.3 is 10.1 Å². The molecule has 1 N–H and O–H groups in total. The average molecular weight is 382 g/mol. The van der Waals surface area contributed by atoms with Crippen molar-refractivity contribution in [2.75, 3.05) is 5.32 Å². The van der Waals surface area contributed by atoms with E-state index in [0.717, 1.165) is 36.5 Å². The van der Waals surface area contributed by atoms with Crippen molar-refractivity contribution in [3.63, 3.8) is 0 Å². The SMILES string of the molecule is N#Cc1cc([N+](=O)[O-])cn(CC(=O)Nc2ccc(OC(F)(F)F)cc2)c1=O. The fourth-order valence-corrected chi connectivity index (χ4v) is 2.01. The van der Waals surface area contributed by atoms with Crippen molar-refractivity contribution in [3.05, 3.63) is 62.6 Å². The van der Waals surface area contributed by atoms with Gasteiger partial charge in [0.2, 0.25) is 5.91 Å². The van der Waals surface area contributed by atoms with Crippen LogP contribution in [0.5, 0.6) is 5.75 Å². The van der Waals surface area contributed by atoms with Crippen LogP contribution in [0.3, 0.4) is 0 Å². The number of nitriles is 1. The van der Waals surface area contributed by atoms with Crippen molar-refractivity contribution in [2.24, 2.45) is 0 Å². The maximum Gasteiger partial charge on any atom is 0.573 e. The summed E-state index contributed by atoms with van der Waals surface area (Å²) in [6, 6.07) is 6.50. The smallest absolute Gasteiger partial charge is 0.406 e. The average Bonchev–Trinajstić information content (AvgIpc) is 2.57. The van der Waals surface area contributed by atoms with E-state index >= 15 is 0 Å². The molecule has 0 unspecified atom stereocenters. The highest BCUT2D eigenvalue weighted by Crippen LogP contribution is 2.23. The minimum Gasteiger partial charge on any atom is -0.406 e. The summed E-state index contributed by atoms with van der Waals surface area (Å²) in [4.78, 5) is 34.0. The third-order valence-corrected chi connectivity index (χ3v) is 3.09. The van der Waals surface area contributed by atoms with Gasteiger partial charge in [-0.25, -0.2) is 0 Å². The largest absolute Gasteiger partial charge is 0.573 e. The van der Waals surface area contributed by atoms with Gasteiger partial charge in [-0.3, -0.25) is 24.3 Å². The van der Waals surface area contributed by atoms with Crippen LogP contribution in [0.1, 0.15) is 5.56 Å². The summed E-state index contributed by atoms with van der Waals surface area (Å²) in [6.07, 6.45) is -4.05. The van der Waals surface area contributed by atoms with E-state index in [1.807, 2.05) is 0 Å². The number of halogens is 3. The number of hydrogen-bond donors (Lipinski definition) is 1. The zero-order valence-corrected chi connectivity index (χ0v) is 13.2. The molecule has 0 fully saturated rings. The van der Waals surface area contributed by atoms with Crippen LogP contribution in [-0.4, -0.2) is 21.8 Å². The third-order valence-electron chi connectivity index (χ3n) is 3.09. The second kappa shape index (κ2) is 7.56. The molecule has 0 aliphatic carbocycles. The highest BCUT2D eigenvalue weighted by atomic mass is 19.4. The second-order valence-corrected chi connectivity index (χ2v) is 5.03. The Morgan fingerprint density at radius 1 is 1.33 bits per heavy atom. The van der Waals surface area contributed by atoms with Gasteiger partial charge >= 0.3 is 6.36 Å². The van der Waals surface area contributed by atoms with Gasteiger partial charge in [-0.2, -0.15) is 5.26 Å². The third kappa shape index (κ3) is 5.30. The van der Waals surface area contributed by atoms with Crippen molar-refractivity contribution < 1.29 is 27.6 Å². The Morgan fingerprint density at radius 3 is 2.48 bits per heavy atom. The predicted molar refractivity (Wildman–Crippen MR) is 83.8 cm³/mol. The highest BCUT2D eigenvalue weighted by molar-refractivity contribution is 5.90. The van der Waals surface area contributed by atoms with Crippen LogP contribution in [-0.2, 0) is 11.3 Å². The fraction of sp³-hybridized carbons (Fsp3) is 0.133. The van der Waals surface area contributed by atoms with Crippen LogP contribution in [0.15, 0.2) is 41.3 Å². The summed E-state index contributed by atoms with van der Waals surface area (Å²) in [5, 5.41) is 22.0. The number of alkyl halides is 3. The van der Waals surface area contributed by atoms with Crippen molar-refractivity contribution >= 4 is 17.3 Å². The molecule has 2 rings (SSSR count). The van der Waals surface area contributed by atoms with Crippen molar-refractivity contribution in [2.45, 2.75) is 12.9 Å². The molecule has 0 spiro atoms. The monoisotopic (exact) mass is 382 g/mol. The number of carbonyl (C=O) groups excluding carboxylic acids is 1. The number of ether oxygens (including phenoxy) is 1. The van der Waals surface area contributed by atoms with E-state index in [9.17, 15) is 32.9 Å². The molecule has 0 aliphatic rings. The van der Waals surface area contributed by atoms with Crippen LogP contribution >= 0.6 is 0 Å². The molecule has 2 aromatic rings. The normalized spacial score (nSPS) is 10.7. The summed E-state index contributed by atoms with van der Waals surface area (Å²) in [7, 11) is 0. The van der Waals surface area contributed by atoms with Gasteiger partial charge in [0, 0.05) is 11.8 Å². The van der Waals surface area contributed by atoms with Crippen molar-refractivity contribution in [3.8, 4) is 11.8 Å². The number of hydrogen-bond acceptors (Lipinski definition) is 6. The number of anilines is 1. The number of nitro groups is 1. The van der Waals surface area contributed by atoms with E-state index in [4.69, 9.17) is 5.26 Å². The Labute approximate surface area is 148 Å². The Balaban J connectivity index is 2.14. The van der Waals surface area contributed by atoms with E-state index < -0.39 is 46.3 Å². The van der Waals surface area contributed by atoms with E-state index in [0.29, 0.717) is 4.57 Å². The molecule has 12 heteroatoms. The summed E-state index contributed by atoms with van der Waals surface area (Å²) in [5.41, 5.74) is -1.85. The minimum atomic E-state index is -4.85. The van der Waals surface area contributed by atoms with Crippen molar-refractivity contribution in [1.82, 2.24) is 4.57 Å². The first-order chi connectivity index (χ1) is 12.6. The Bertz CT molecular complexity index is 977. The number of nitrogens with one attached hydrogen (secondary N) is 1. The van der Waals surface area contributed by atoms with Gasteiger partial charge in [-0.05, 0) is 24.3 Å². The van der Waals surface area contributed by atoms with E-state index in [1.165, 1.54) is 6.07 Å². The molecule has 1 heterocycles. The summed E-state index contributed by atoms with van der Waals surface area (Å²) in [5.74, 6) is -1.28.